The number of fused-ring (bicyclic) bond motifs is 1. The maximum atomic E-state index is 4.04. The Morgan fingerprint density at radius 1 is 1.56 bits per heavy atom. The van der Waals surface area contributed by atoms with Crippen LogP contribution in [0.2, 0.25) is 0 Å². The Balaban J connectivity index is 2.54. The summed E-state index contributed by atoms with van der Waals surface area (Å²) in [5, 5.41) is 0. The van der Waals surface area contributed by atoms with Gasteiger partial charge in [0.1, 0.15) is 0 Å². The van der Waals surface area contributed by atoms with E-state index in [2.05, 4.69) is 11.1 Å². The largest absolute Gasteiger partial charge is 0.264 e. The van der Waals surface area contributed by atoms with Crippen molar-refractivity contribution in [1.82, 2.24) is 4.98 Å². The van der Waals surface area contributed by atoms with Gasteiger partial charge in [-0.25, -0.2) is 0 Å². The maximum absolute atomic E-state index is 4.04. The van der Waals surface area contributed by atoms with Crippen molar-refractivity contribution in [1.29, 1.82) is 0 Å². The molecule has 0 aliphatic carbocycles. The Morgan fingerprint density at radius 2 is 2.56 bits per heavy atom. The summed E-state index contributed by atoms with van der Waals surface area (Å²) in [4.78, 5) is 5.46. The molecule has 1 aromatic heterocycles. The minimum absolute atomic E-state index is 1.20. The molecule has 0 aromatic carbocycles. The van der Waals surface area contributed by atoms with Crippen LogP contribution in [0.3, 0.4) is 0 Å². The molecule has 0 atom stereocenters. The van der Waals surface area contributed by atoms with Gasteiger partial charge in [0, 0.05) is 23.0 Å². The molecular formula is C7H7NS. The maximum Gasteiger partial charge on any atom is 0.0311 e. The van der Waals surface area contributed by atoms with Crippen LogP contribution in [0, 0.1) is 0 Å². The van der Waals surface area contributed by atoms with Crippen LogP contribution >= 0.6 is 11.8 Å². The lowest BCUT2D eigenvalue weighted by molar-refractivity contribution is 1.10. The zero-order valence-electron chi connectivity index (χ0n) is 5.00. The summed E-state index contributed by atoms with van der Waals surface area (Å²) in [7, 11) is 0. The summed E-state index contributed by atoms with van der Waals surface area (Å²) < 4.78 is 0. The number of aromatic nitrogens is 1. The third-order valence-electron chi connectivity index (χ3n) is 1.49. The lowest BCUT2D eigenvalue weighted by atomic mass is 10.2. The molecular weight excluding hydrogens is 130 g/mol. The van der Waals surface area contributed by atoms with Crippen LogP contribution in [0.25, 0.3) is 0 Å². The fourth-order valence-electron chi connectivity index (χ4n) is 1.01. The standard InChI is InChI=1S/C7H7NS/c1-3-8-5-6-2-4-9-7(1)6/h1,3,5H,2,4H2. The van der Waals surface area contributed by atoms with E-state index in [1.807, 2.05) is 24.2 Å². The summed E-state index contributed by atoms with van der Waals surface area (Å²) in [6.07, 6.45) is 5.03. The van der Waals surface area contributed by atoms with Gasteiger partial charge in [-0.3, -0.25) is 4.98 Å². The molecule has 2 rings (SSSR count). The average Bonchev–Trinajstić information content (AvgIpc) is 2.33. The number of rotatable bonds is 0. The van der Waals surface area contributed by atoms with Crippen LogP contribution in [0.1, 0.15) is 5.56 Å². The minimum Gasteiger partial charge on any atom is -0.264 e. The molecule has 0 N–H and O–H groups in total. The molecule has 0 amide bonds. The molecule has 1 aromatic rings. The van der Waals surface area contributed by atoms with Gasteiger partial charge in [0.2, 0.25) is 0 Å². The highest BCUT2D eigenvalue weighted by molar-refractivity contribution is 7.99. The number of hydrogen-bond donors (Lipinski definition) is 0. The summed E-state index contributed by atoms with van der Waals surface area (Å²) in [6.45, 7) is 0. The van der Waals surface area contributed by atoms with E-state index in [0.29, 0.717) is 0 Å². The first-order chi connectivity index (χ1) is 4.47. The molecule has 0 spiro atoms. The fraction of sp³-hybridized carbons (Fsp3) is 0.286. The highest BCUT2D eigenvalue weighted by Crippen LogP contribution is 2.29. The first-order valence-electron chi connectivity index (χ1n) is 3.02. The predicted octanol–water partition coefficient (Wildman–Crippen LogP) is 1.73. The summed E-state index contributed by atoms with van der Waals surface area (Å²) in [5.41, 5.74) is 1.42. The van der Waals surface area contributed by atoms with E-state index in [9.17, 15) is 0 Å². The van der Waals surface area contributed by atoms with Crippen molar-refractivity contribution < 1.29 is 0 Å². The van der Waals surface area contributed by atoms with Gasteiger partial charge in [0.15, 0.2) is 0 Å². The van der Waals surface area contributed by atoms with Crippen molar-refractivity contribution in [2.75, 3.05) is 5.75 Å². The van der Waals surface area contributed by atoms with Crippen molar-refractivity contribution in [3.05, 3.63) is 24.0 Å². The molecule has 1 aliphatic heterocycles. The molecule has 0 bridgehead atoms. The quantitative estimate of drug-likeness (QED) is 0.540. The predicted molar refractivity (Wildman–Crippen MR) is 38.7 cm³/mol. The average molecular weight is 137 g/mol. The Morgan fingerprint density at radius 3 is 3.44 bits per heavy atom. The zero-order chi connectivity index (χ0) is 6.10. The van der Waals surface area contributed by atoms with Crippen LogP contribution in [0.15, 0.2) is 23.4 Å². The van der Waals surface area contributed by atoms with Gasteiger partial charge in [-0.2, -0.15) is 0 Å². The first kappa shape index (κ1) is 5.30. The van der Waals surface area contributed by atoms with Crippen LogP contribution in [0.4, 0.5) is 0 Å². The topological polar surface area (TPSA) is 12.9 Å². The highest BCUT2D eigenvalue weighted by atomic mass is 32.2. The first-order valence-corrected chi connectivity index (χ1v) is 4.01. The molecule has 2 heteroatoms. The zero-order valence-corrected chi connectivity index (χ0v) is 5.82. The van der Waals surface area contributed by atoms with E-state index in [-0.39, 0.29) is 0 Å². The second-order valence-electron chi connectivity index (χ2n) is 2.08. The van der Waals surface area contributed by atoms with E-state index in [0.717, 1.165) is 0 Å². The third kappa shape index (κ3) is 0.833. The van der Waals surface area contributed by atoms with Crippen molar-refractivity contribution in [2.24, 2.45) is 0 Å². The molecule has 0 unspecified atom stereocenters. The fourth-order valence-corrected chi connectivity index (χ4v) is 2.05. The van der Waals surface area contributed by atoms with Gasteiger partial charge in [0.05, 0.1) is 0 Å². The number of pyridine rings is 1. The molecule has 46 valence electrons. The second kappa shape index (κ2) is 2.03. The lowest BCUT2D eigenvalue weighted by Crippen LogP contribution is -1.79. The van der Waals surface area contributed by atoms with Crippen molar-refractivity contribution in [3.63, 3.8) is 0 Å². The van der Waals surface area contributed by atoms with Gasteiger partial charge in [0.25, 0.3) is 0 Å². The molecule has 1 nitrogen and oxygen atoms in total. The van der Waals surface area contributed by atoms with Crippen LogP contribution in [-0.4, -0.2) is 10.7 Å². The van der Waals surface area contributed by atoms with Crippen molar-refractivity contribution in [3.8, 4) is 0 Å². The smallest absolute Gasteiger partial charge is 0.0311 e. The Bertz CT molecular complexity index is 199. The van der Waals surface area contributed by atoms with Crippen LogP contribution in [-0.2, 0) is 6.42 Å². The lowest BCUT2D eigenvalue weighted by Gasteiger charge is -1.91. The molecule has 0 saturated heterocycles. The van der Waals surface area contributed by atoms with E-state index in [1.54, 1.807) is 0 Å². The van der Waals surface area contributed by atoms with Gasteiger partial charge in [-0.15, -0.1) is 11.8 Å². The SMILES string of the molecule is c1cc2c(cn1)CCS2. The Hall–Kier alpha value is -0.500. The third-order valence-corrected chi connectivity index (χ3v) is 2.61. The van der Waals surface area contributed by atoms with Crippen LogP contribution < -0.4 is 0 Å². The number of hydrogen-bond acceptors (Lipinski definition) is 2. The summed E-state index contributed by atoms with van der Waals surface area (Å²) in [6, 6.07) is 2.09. The Kier molecular flexibility index (Phi) is 1.19. The molecule has 0 saturated carbocycles. The van der Waals surface area contributed by atoms with Crippen LogP contribution in [0.5, 0.6) is 0 Å². The number of nitrogens with zero attached hydrogens (tertiary/aromatic N) is 1. The van der Waals surface area contributed by atoms with E-state index >= 15 is 0 Å². The van der Waals surface area contributed by atoms with Gasteiger partial charge in [-0.05, 0) is 18.1 Å². The molecule has 0 fully saturated rings. The number of thioether (sulfide) groups is 1. The summed E-state index contributed by atoms with van der Waals surface area (Å²) in [5.74, 6) is 1.24. The molecule has 2 heterocycles. The van der Waals surface area contributed by atoms with Gasteiger partial charge < -0.3 is 0 Å². The molecule has 9 heavy (non-hydrogen) atoms. The summed E-state index contributed by atoms with van der Waals surface area (Å²) >= 11 is 1.93. The van der Waals surface area contributed by atoms with Gasteiger partial charge in [-0.1, -0.05) is 0 Å². The minimum atomic E-state index is 1.20. The van der Waals surface area contributed by atoms with E-state index in [4.69, 9.17) is 0 Å². The van der Waals surface area contributed by atoms with Crippen molar-refractivity contribution in [2.45, 2.75) is 11.3 Å². The Labute approximate surface area is 58.5 Å². The monoisotopic (exact) mass is 137 g/mol. The van der Waals surface area contributed by atoms with E-state index < -0.39 is 0 Å². The van der Waals surface area contributed by atoms with Crippen molar-refractivity contribution >= 4 is 11.8 Å². The molecule has 1 aliphatic rings. The second-order valence-corrected chi connectivity index (χ2v) is 3.22. The highest BCUT2D eigenvalue weighted by Gasteiger charge is 2.08. The normalized spacial score (nSPS) is 15.6. The van der Waals surface area contributed by atoms with Gasteiger partial charge >= 0.3 is 0 Å². The number of aryl methyl sites for hydroxylation is 1. The molecule has 0 radical (unpaired) electrons. The van der Waals surface area contributed by atoms with E-state index in [1.165, 1.54) is 22.6 Å².